The molecule has 0 spiro atoms. The summed E-state index contributed by atoms with van der Waals surface area (Å²) in [6, 6.07) is 17.0. The summed E-state index contributed by atoms with van der Waals surface area (Å²) in [5, 5.41) is 8.73. The van der Waals surface area contributed by atoms with Gasteiger partial charge in [0.2, 0.25) is 0 Å². The van der Waals surface area contributed by atoms with Crippen molar-refractivity contribution in [2.24, 2.45) is 11.3 Å². The van der Waals surface area contributed by atoms with Crippen LogP contribution in [-0.4, -0.2) is 16.6 Å². The molecule has 2 aromatic carbocycles. The molecular formula is C24H29N3S. The highest BCUT2D eigenvalue weighted by atomic mass is 32.1. The van der Waals surface area contributed by atoms with E-state index in [1.54, 1.807) is 0 Å². The number of H-pyrrole nitrogens is 1. The predicted molar refractivity (Wildman–Crippen MR) is 123 cm³/mol. The SMILES string of the molecule is Cc1ccc(NC(=S)NCC[C@H]2[C@@H](c3c(C)[nH]c4ccccc34)C2(C)C)cc1. The molecule has 0 aliphatic heterocycles. The van der Waals surface area contributed by atoms with Gasteiger partial charge in [-0.15, -0.1) is 0 Å². The third kappa shape index (κ3) is 3.53. The maximum Gasteiger partial charge on any atom is 0.170 e. The average Bonchev–Trinajstić information content (AvgIpc) is 3.02. The van der Waals surface area contributed by atoms with E-state index in [2.05, 4.69) is 91.8 Å². The first kappa shape index (κ1) is 19.0. The van der Waals surface area contributed by atoms with E-state index >= 15 is 0 Å². The molecular weight excluding hydrogens is 362 g/mol. The lowest BCUT2D eigenvalue weighted by Gasteiger charge is -2.11. The first-order valence-corrected chi connectivity index (χ1v) is 10.5. The highest BCUT2D eigenvalue weighted by Crippen LogP contribution is 2.67. The normalized spacial score (nSPS) is 20.1. The standard InChI is InChI=1S/C24H29N3S/c1-15-9-11-17(12-10-15)27-23(28)25-14-13-19-22(24(19,3)4)21-16(2)26-20-8-6-5-7-18(20)21/h5-12,19,22,26H,13-14H2,1-4H3,(H2,25,27,28)/t19-,22-/m0/s1. The summed E-state index contributed by atoms with van der Waals surface area (Å²) in [6.45, 7) is 9.98. The van der Waals surface area contributed by atoms with Gasteiger partial charge in [-0.1, -0.05) is 49.7 Å². The Bertz CT molecular complexity index is 1000. The van der Waals surface area contributed by atoms with Gasteiger partial charge >= 0.3 is 0 Å². The minimum Gasteiger partial charge on any atom is -0.362 e. The van der Waals surface area contributed by atoms with Gasteiger partial charge in [-0.25, -0.2) is 0 Å². The van der Waals surface area contributed by atoms with Gasteiger partial charge in [-0.3, -0.25) is 0 Å². The summed E-state index contributed by atoms with van der Waals surface area (Å²) in [5.41, 5.74) is 6.67. The summed E-state index contributed by atoms with van der Waals surface area (Å²) < 4.78 is 0. The summed E-state index contributed by atoms with van der Waals surface area (Å²) >= 11 is 5.46. The molecule has 1 saturated carbocycles. The van der Waals surface area contributed by atoms with E-state index in [1.165, 1.54) is 27.7 Å². The molecule has 0 bridgehead atoms. The number of hydrogen-bond acceptors (Lipinski definition) is 1. The van der Waals surface area contributed by atoms with Crippen molar-refractivity contribution < 1.29 is 0 Å². The second kappa shape index (κ2) is 7.25. The quantitative estimate of drug-likeness (QED) is 0.474. The van der Waals surface area contributed by atoms with Gasteiger partial charge in [0.15, 0.2) is 5.11 Å². The van der Waals surface area contributed by atoms with Crippen LogP contribution in [0, 0.1) is 25.2 Å². The van der Waals surface area contributed by atoms with Crippen LogP contribution in [-0.2, 0) is 0 Å². The molecule has 146 valence electrons. The van der Waals surface area contributed by atoms with Crippen LogP contribution >= 0.6 is 12.2 Å². The van der Waals surface area contributed by atoms with Crippen molar-refractivity contribution in [1.82, 2.24) is 10.3 Å². The summed E-state index contributed by atoms with van der Waals surface area (Å²) in [7, 11) is 0. The molecule has 1 aliphatic carbocycles. The minimum absolute atomic E-state index is 0.323. The molecule has 0 amide bonds. The first-order chi connectivity index (χ1) is 13.4. The number of fused-ring (bicyclic) bond motifs is 1. The Hall–Kier alpha value is -2.33. The first-order valence-electron chi connectivity index (χ1n) is 10.1. The van der Waals surface area contributed by atoms with E-state index < -0.39 is 0 Å². The van der Waals surface area contributed by atoms with Gasteiger partial charge in [0.1, 0.15) is 0 Å². The van der Waals surface area contributed by atoms with Crippen LogP contribution in [0.1, 0.15) is 43.0 Å². The van der Waals surface area contributed by atoms with Gasteiger partial charge < -0.3 is 15.6 Å². The Balaban J connectivity index is 1.37. The van der Waals surface area contributed by atoms with Gasteiger partial charge in [0.05, 0.1) is 0 Å². The monoisotopic (exact) mass is 391 g/mol. The number of anilines is 1. The summed E-state index contributed by atoms with van der Waals surface area (Å²) in [5.74, 6) is 1.27. The number of aromatic amines is 1. The molecule has 3 nitrogen and oxygen atoms in total. The molecule has 0 saturated heterocycles. The maximum atomic E-state index is 5.46. The van der Waals surface area contributed by atoms with Crippen LogP contribution in [0.4, 0.5) is 5.69 Å². The lowest BCUT2D eigenvalue weighted by molar-refractivity contribution is 0.528. The van der Waals surface area contributed by atoms with Crippen molar-refractivity contribution in [3.63, 3.8) is 0 Å². The summed E-state index contributed by atoms with van der Waals surface area (Å²) in [4.78, 5) is 3.57. The van der Waals surface area contributed by atoms with Gasteiger partial charge in [0, 0.05) is 28.8 Å². The van der Waals surface area contributed by atoms with Crippen molar-refractivity contribution >= 4 is 33.9 Å². The number of benzene rings is 2. The highest BCUT2D eigenvalue weighted by Gasteiger charge is 2.58. The zero-order chi connectivity index (χ0) is 19.9. The van der Waals surface area contributed by atoms with Crippen LogP contribution in [0.25, 0.3) is 10.9 Å². The van der Waals surface area contributed by atoms with Crippen molar-refractivity contribution in [2.45, 2.75) is 40.0 Å². The average molecular weight is 392 g/mol. The third-order valence-electron chi connectivity index (χ3n) is 6.36. The largest absolute Gasteiger partial charge is 0.362 e. The summed E-state index contributed by atoms with van der Waals surface area (Å²) in [6.07, 6.45) is 1.12. The Morgan fingerprint density at radius 3 is 2.54 bits per heavy atom. The van der Waals surface area contributed by atoms with Crippen molar-refractivity contribution in [3.05, 3.63) is 65.4 Å². The second-order valence-corrected chi connectivity index (χ2v) is 9.06. The lowest BCUT2D eigenvalue weighted by atomic mass is 10.0. The van der Waals surface area contributed by atoms with Crippen LogP contribution in [0.5, 0.6) is 0 Å². The van der Waals surface area contributed by atoms with E-state index in [0.29, 0.717) is 22.4 Å². The zero-order valence-electron chi connectivity index (χ0n) is 17.1. The number of rotatable bonds is 5. The number of thiocarbonyl (C=S) groups is 1. The van der Waals surface area contributed by atoms with E-state index in [0.717, 1.165) is 18.7 Å². The van der Waals surface area contributed by atoms with Crippen molar-refractivity contribution in [2.75, 3.05) is 11.9 Å². The molecule has 3 N–H and O–H groups in total. The fourth-order valence-corrected chi connectivity index (χ4v) is 4.93. The number of hydrogen-bond donors (Lipinski definition) is 3. The molecule has 1 fully saturated rings. The molecule has 1 aliphatic rings. The van der Waals surface area contributed by atoms with Gasteiger partial charge in [-0.2, -0.15) is 0 Å². The van der Waals surface area contributed by atoms with Gasteiger partial charge in [-0.05, 0) is 73.5 Å². The smallest absolute Gasteiger partial charge is 0.170 e. The fraction of sp³-hybridized carbons (Fsp3) is 0.375. The Labute approximate surface area is 172 Å². The van der Waals surface area contributed by atoms with Crippen molar-refractivity contribution in [3.8, 4) is 0 Å². The van der Waals surface area contributed by atoms with E-state index in [9.17, 15) is 0 Å². The maximum absolute atomic E-state index is 5.46. The molecule has 3 aromatic rings. The molecule has 28 heavy (non-hydrogen) atoms. The number of para-hydroxylation sites is 1. The lowest BCUT2D eigenvalue weighted by Crippen LogP contribution is -2.29. The van der Waals surface area contributed by atoms with E-state index in [1.807, 2.05) is 0 Å². The second-order valence-electron chi connectivity index (χ2n) is 8.65. The van der Waals surface area contributed by atoms with Crippen LogP contribution in [0.15, 0.2) is 48.5 Å². The van der Waals surface area contributed by atoms with Crippen LogP contribution < -0.4 is 10.6 Å². The molecule has 1 heterocycles. The van der Waals surface area contributed by atoms with Crippen LogP contribution in [0.2, 0.25) is 0 Å². The third-order valence-corrected chi connectivity index (χ3v) is 6.60. The molecule has 4 rings (SSSR count). The number of nitrogens with one attached hydrogen (secondary N) is 3. The molecule has 0 unspecified atom stereocenters. The Morgan fingerprint density at radius 2 is 1.79 bits per heavy atom. The molecule has 0 radical (unpaired) electrons. The molecule has 2 atom stereocenters. The minimum atomic E-state index is 0.323. The van der Waals surface area contributed by atoms with Gasteiger partial charge in [0.25, 0.3) is 0 Å². The Kier molecular flexibility index (Phi) is 4.92. The molecule has 4 heteroatoms. The zero-order valence-corrected chi connectivity index (χ0v) is 17.9. The topological polar surface area (TPSA) is 39.8 Å². The molecule has 1 aromatic heterocycles. The van der Waals surface area contributed by atoms with E-state index in [4.69, 9.17) is 12.2 Å². The van der Waals surface area contributed by atoms with Crippen LogP contribution in [0.3, 0.4) is 0 Å². The number of aromatic nitrogens is 1. The van der Waals surface area contributed by atoms with Crippen molar-refractivity contribution in [1.29, 1.82) is 0 Å². The number of aryl methyl sites for hydroxylation is 2. The predicted octanol–water partition coefficient (Wildman–Crippen LogP) is 5.90. The highest BCUT2D eigenvalue weighted by molar-refractivity contribution is 7.80. The Morgan fingerprint density at radius 1 is 1.07 bits per heavy atom. The van der Waals surface area contributed by atoms with E-state index in [-0.39, 0.29) is 0 Å². The fourth-order valence-electron chi connectivity index (χ4n) is 4.71.